The van der Waals surface area contributed by atoms with Gasteiger partial charge >= 0.3 is 0 Å². The molecule has 0 saturated heterocycles. The van der Waals surface area contributed by atoms with E-state index in [-0.39, 0.29) is 4.90 Å². The zero-order chi connectivity index (χ0) is 12.9. The van der Waals surface area contributed by atoms with Gasteiger partial charge < -0.3 is 0 Å². The number of hydrogen-bond acceptors (Lipinski definition) is 3. The van der Waals surface area contributed by atoms with Gasteiger partial charge in [0.25, 0.3) is 0 Å². The van der Waals surface area contributed by atoms with Gasteiger partial charge in [-0.25, -0.2) is 12.7 Å². The lowest BCUT2D eigenvalue weighted by Gasteiger charge is -2.16. The van der Waals surface area contributed by atoms with E-state index >= 15 is 0 Å². The Balaban J connectivity index is 3.01. The van der Waals surface area contributed by atoms with Gasteiger partial charge in [0.05, 0.1) is 16.5 Å². The van der Waals surface area contributed by atoms with E-state index < -0.39 is 10.0 Å². The van der Waals surface area contributed by atoms with Crippen LogP contribution < -0.4 is 0 Å². The predicted octanol–water partition coefficient (Wildman–Crippen LogP) is 1.96. The fourth-order valence-corrected chi connectivity index (χ4v) is 2.82. The third-order valence-corrected chi connectivity index (χ3v) is 4.69. The molecule has 0 heterocycles. The molecule has 0 fully saturated rings. The molecule has 92 valence electrons. The molecule has 0 saturated carbocycles. The molecule has 17 heavy (non-hydrogen) atoms. The Morgan fingerprint density at radius 3 is 2.76 bits per heavy atom. The lowest BCUT2D eigenvalue weighted by molar-refractivity contribution is 0.470. The lowest BCUT2D eigenvalue weighted by atomic mass is 10.2. The Morgan fingerprint density at radius 1 is 1.47 bits per heavy atom. The van der Waals surface area contributed by atoms with Gasteiger partial charge in [0.1, 0.15) is 0 Å². The van der Waals surface area contributed by atoms with Crippen molar-refractivity contribution in [3.8, 4) is 6.07 Å². The van der Waals surface area contributed by atoms with Crippen LogP contribution in [0.1, 0.15) is 12.0 Å². The van der Waals surface area contributed by atoms with Crippen molar-refractivity contribution in [2.45, 2.75) is 11.3 Å². The SMILES string of the molecule is CN(CCCBr)S(=O)(=O)c1cccc(C#N)c1. The van der Waals surface area contributed by atoms with E-state index in [1.807, 2.05) is 6.07 Å². The first kappa shape index (κ1) is 14.2. The largest absolute Gasteiger partial charge is 0.242 e. The Kier molecular flexibility index (Phi) is 5.12. The summed E-state index contributed by atoms with van der Waals surface area (Å²) in [5.74, 6) is 0. The van der Waals surface area contributed by atoms with Crippen LogP contribution in [-0.4, -0.2) is 31.6 Å². The highest BCUT2D eigenvalue weighted by Crippen LogP contribution is 2.15. The predicted molar refractivity (Wildman–Crippen MR) is 69.4 cm³/mol. The topological polar surface area (TPSA) is 61.2 Å². The fourth-order valence-electron chi connectivity index (χ4n) is 1.31. The van der Waals surface area contributed by atoms with Crippen LogP contribution in [0.3, 0.4) is 0 Å². The summed E-state index contributed by atoms with van der Waals surface area (Å²) in [6.07, 6.45) is 0.744. The van der Waals surface area contributed by atoms with E-state index in [9.17, 15) is 8.42 Å². The van der Waals surface area contributed by atoms with Crippen molar-refractivity contribution in [2.24, 2.45) is 0 Å². The molecule has 1 rings (SSSR count). The van der Waals surface area contributed by atoms with Crippen LogP contribution in [0.4, 0.5) is 0 Å². The Bertz CT molecular complexity index is 523. The zero-order valence-electron chi connectivity index (χ0n) is 9.43. The first-order chi connectivity index (χ1) is 8.02. The zero-order valence-corrected chi connectivity index (χ0v) is 11.8. The van der Waals surface area contributed by atoms with E-state index in [0.29, 0.717) is 12.1 Å². The molecular weight excluding hydrogens is 304 g/mol. The smallest absolute Gasteiger partial charge is 0.207 e. The van der Waals surface area contributed by atoms with Crippen molar-refractivity contribution >= 4 is 26.0 Å². The van der Waals surface area contributed by atoms with Crippen LogP contribution >= 0.6 is 15.9 Å². The van der Waals surface area contributed by atoms with Gasteiger partial charge in [0.2, 0.25) is 10.0 Å². The summed E-state index contributed by atoms with van der Waals surface area (Å²) in [6.45, 7) is 0.449. The van der Waals surface area contributed by atoms with E-state index in [0.717, 1.165) is 11.8 Å². The maximum atomic E-state index is 12.1. The molecule has 0 aliphatic carbocycles. The Hall–Kier alpha value is -0.900. The maximum absolute atomic E-state index is 12.1. The first-order valence-corrected chi connectivity index (χ1v) is 7.61. The van der Waals surface area contributed by atoms with Gasteiger partial charge in [-0.3, -0.25) is 0 Å². The number of sulfonamides is 1. The number of benzene rings is 1. The number of alkyl halides is 1. The molecule has 0 spiro atoms. The molecule has 1 aromatic carbocycles. The van der Waals surface area contributed by atoms with Crippen molar-refractivity contribution < 1.29 is 8.42 Å². The number of halogens is 1. The Morgan fingerprint density at radius 2 is 2.18 bits per heavy atom. The minimum absolute atomic E-state index is 0.161. The van der Waals surface area contributed by atoms with Crippen molar-refractivity contribution in [3.05, 3.63) is 29.8 Å². The maximum Gasteiger partial charge on any atom is 0.242 e. The van der Waals surface area contributed by atoms with Crippen LogP contribution in [0.15, 0.2) is 29.2 Å². The highest BCUT2D eigenvalue weighted by atomic mass is 79.9. The number of rotatable bonds is 5. The normalized spacial score (nSPS) is 11.4. The van der Waals surface area contributed by atoms with Crippen molar-refractivity contribution in [3.63, 3.8) is 0 Å². The van der Waals surface area contributed by atoms with Crippen LogP contribution in [0.25, 0.3) is 0 Å². The molecule has 0 aliphatic heterocycles. The van der Waals surface area contributed by atoms with Gasteiger partial charge in [0, 0.05) is 18.9 Å². The van der Waals surface area contributed by atoms with Crippen molar-refractivity contribution in [2.75, 3.05) is 18.9 Å². The third kappa shape index (κ3) is 3.53. The van der Waals surface area contributed by atoms with Gasteiger partial charge in [-0.15, -0.1) is 0 Å². The van der Waals surface area contributed by atoms with Crippen molar-refractivity contribution in [1.82, 2.24) is 4.31 Å². The molecule has 0 bridgehead atoms. The highest BCUT2D eigenvalue weighted by Gasteiger charge is 2.20. The third-order valence-electron chi connectivity index (χ3n) is 2.28. The second-order valence-electron chi connectivity index (χ2n) is 3.51. The van der Waals surface area contributed by atoms with Gasteiger partial charge in [-0.1, -0.05) is 22.0 Å². The fraction of sp³-hybridized carbons (Fsp3) is 0.364. The molecule has 0 aliphatic rings. The molecule has 6 heteroatoms. The van der Waals surface area contributed by atoms with E-state index in [1.54, 1.807) is 12.1 Å². The standard InChI is InChI=1S/C11H13BrN2O2S/c1-14(7-3-6-12)17(15,16)11-5-2-4-10(8-11)9-13/h2,4-5,8H,3,6-7H2,1H3. The lowest BCUT2D eigenvalue weighted by Crippen LogP contribution is -2.28. The van der Waals surface area contributed by atoms with Crippen LogP contribution in [0, 0.1) is 11.3 Å². The number of nitriles is 1. The minimum Gasteiger partial charge on any atom is -0.207 e. The molecule has 0 aromatic heterocycles. The minimum atomic E-state index is -3.48. The van der Waals surface area contributed by atoms with Gasteiger partial charge in [-0.2, -0.15) is 5.26 Å². The molecule has 0 amide bonds. The summed E-state index contributed by atoms with van der Waals surface area (Å²) >= 11 is 3.26. The van der Waals surface area contributed by atoms with E-state index in [2.05, 4.69) is 15.9 Å². The molecule has 1 aromatic rings. The molecule has 0 radical (unpaired) electrons. The second-order valence-corrected chi connectivity index (χ2v) is 6.35. The highest BCUT2D eigenvalue weighted by molar-refractivity contribution is 9.09. The first-order valence-electron chi connectivity index (χ1n) is 5.05. The van der Waals surface area contributed by atoms with E-state index in [1.165, 1.54) is 23.5 Å². The van der Waals surface area contributed by atoms with Crippen LogP contribution in [-0.2, 0) is 10.0 Å². The summed E-state index contributed by atoms with van der Waals surface area (Å²) < 4.78 is 25.5. The van der Waals surface area contributed by atoms with Crippen LogP contribution in [0.5, 0.6) is 0 Å². The average Bonchev–Trinajstić information content (AvgIpc) is 2.35. The summed E-state index contributed by atoms with van der Waals surface area (Å²) in [5, 5.41) is 9.50. The average molecular weight is 317 g/mol. The Labute approximate surface area is 110 Å². The van der Waals surface area contributed by atoms with Crippen molar-refractivity contribution in [1.29, 1.82) is 5.26 Å². The molecule has 4 nitrogen and oxygen atoms in total. The number of hydrogen-bond donors (Lipinski definition) is 0. The molecule has 0 N–H and O–H groups in total. The second kappa shape index (κ2) is 6.15. The summed E-state index contributed by atoms with van der Waals surface area (Å²) in [4.78, 5) is 0.161. The number of nitrogens with zero attached hydrogens (tertiary/aromatic N) is 2. The summed E-state index contributed by atoms with van der Waals surface area (Å²) in [6, 6.07) is 7.97. The summed E-state index contributed by atoms with van der Waals surface area (Å²) in [7, 11) is -1.94. The van der Waals surface area contributed by atoms with Crippen LogP contribution in [0.2, 0.25) is 0 Å². The van der Waals surface area contributed by atoms with Gasteiger partial charge in [0.15, 0.2) is 0 Å². The summed E-state index contributed by atoms with van der Waals surface area (Å²) in [5.41, 5.74) is 0.347. The monoisotopic (exact) mass is 316 g/mol. The quantitative estimate of drug-likeness (QED) is 0.780. The van der Waals surface area contributed by atoms with E-state index in [4.69, 9.17) is 5.26 Å². The molecule has 0 unspecified atom stereocenters. The molecule has 0 atom stereocenters. The molecular formula is C11H13BrN2O2S. The van der Waals surface area contributed by atoms with Gasteiger partial charge in [-0.05, 0) is 24.6 Å².